The molecule has 2 rings (SSSR count). The third-order valence-corrected chi connectivity index (χ3v) is 2.76. The van der Waals surface area contributed by atoms with Gasteiger partial charge in [0.2, 0.25) is 11.1 Å². The molecule has 6 heteroatoms. The zero-order valence-electron chi connectivity index (χ0n) is 8.38. The van der Waals surface area contributed by atoms with Gasteiger partial charge in [0, 0.05) is 5.56 Å². The first-order valence-corrected chi connectivity index (χ1v) is 5.63. The Hall–Kier alpha value is -1.82. The van der Waals surface area contributed by atoms with Crippen LogP contribution in [0.4, 0.5) is 5.95 Å². The highest BCUT2D eigenvalue weighted by atomic mass is 32.2. The molecule has 82 valence electrons. The summed E-state index contributed by atoms with van der Waals surface area (Å²) in [5, 5.41) is 6.84. The summed E-state index contributed by atoms with van der Waals surface area (Å²) in [5.74, 6) is 0.616. The van der Waals surface area contributed by atoms with Gasteiger partial charge in [0.15, 0.2) is 5.78 Å². The van der Waals surface area contributed by atoms with E-state index in [9.17, 15) is 4.79 Å². The lowest BCUT2D eigenvalue weighted by Crippen LogP contribution is -2.01. The maximum Gasteiger partial charge on any atom is 0.216 e. The quantitative estimate of drug-likeness (QED) is 0.616. The smallest absolute Gasteiger partial charge is 0.216 e. The molecule has 5 nitrogen and oxygen atoms in total. The maximum atomic E-state index is 11.7. The van der Waals surface area contributed by atoms with Crippen molar-refractivity contribution in [1.29, 1.82) is 0 Å². The molecule has 0 radical (unpaired) electrons. The fraction of sp³-hybridized carbons (Fsp3) is 0.100. The van der Waals surface area contributed by atoms with Gasteiger partial charge in [-0.3, -0.25) is 4.79 Å². The van der Waals surface area contributed by atoms with Gasteiger partial charge in [0.05, 0.1) is 5.75 Å². The number of anilines is 1. The summed E-state index contributed by atoms with van der Waals surface area (Å²) >= 11 is 1.26. The summed E-state index contributed by atoms with van der Waals surface area (Å²) in [6, 6.07) is 9.12. The van der Waals surface area contributed by atoms with Gasteiger partial charge in [-0.1, -0.05) is 42.1 Å². The van der Waals surface area contributed by atoms with Crippen molar-refractivity contribution >= 4 is 23.5 Å². The van der Waals surface area contributed by atoms with Crippen LogP contribution in [0.2, 0.25) is 0 Å². The number of nitrogens with zero attached hydrogens (tertiary/aromatic N) is 2. The molecule has 0 unspecified atom stereocenters. The monoisotopic (exact) mass is 234 g/mol. The number of hydrogen-bond donors (Lipinski definition) is 2. The fourth-order valence-electron chi connectivity index (χ4n) is 1.16. The number of Topliss-reactive ketones (excluding diaryl/α,β-unsaturated/α-hetero) is 1. The number of nitrogens with two attached hydrogens (primary N) is 1. The lowest BCUT2D eigenvalue weighted by molar-refractivity contribution is 0.102. The van der Waals surface area contributed by atoms with Crippen LogP contribution >= 0.6 is 11.8 Å². The summed E-state index contributed by atoms with van der Waals surface area (Å²) < 4.78 is 0. The Balaban J connectivity index is 1.94. The number of thioether (sulfide) groups is 1. The SMILES string of the molecule is Nc1nc(SCC(=O)c2ccccc2)n[nH]1. The molecule has 1 heterocycles. The largest absolute Gasteiger partial charge is 0.368 e. The number of aromatic nitrogens is 3. The minimum Gasteiger partial charge on any atom is -0.368 e. The summed E-state index contributed by atoms with van der Waals surface area (Å²) in [6.07, 6.45) is 0. The normalized spacial score (nSPS) is 10.2. The zero-order chi connectivity index (χ0) is 11.4. The minimum absolute atomic E-state index is 0.0500. The van der Waals surface area contributed by atoms with Crippen molar-refractivity contribution in [3.63, 3.8) is 0 Å². The van der Waals surface area contributed by atoms with Crippen molar-refractivity contribution < 1.29 is 4.79 Å². The number of benzene rings is 1. The van der Waals surface area contributed by atoms with Gasteiger partial charge in [0.1, 0.15) is 0 Å². The standard InChI is InChI=1S/C10H10N4OS/c11-9-12-10(14-13-9)16-6-8(15)7-4-2-1-3-5-7/h1-5H,6H2,(H3,11,12,13,14). The van der Waals surface area contributed by atoms with Crippen molar-refractivity contribution in [2.24, 2.45) is 0 Å². The molecule has 1 aromatic heterocycles. The maximum absolute atomic E-state index is 11.7. The lowest BCUT2D eigenvalue weighted by atomic mass is 10.2. The lowest BCUT2D eigenvalue weighted by Gasteiger charge is -1.97. The molecule has 0 aliphatic heterocycles. The van der Waals surface area contributed by atoms with Crippen LogP contribution in [0.1, 0.15) is 10.4 Å². The van der Waals surface area contributed by atoms with Gasteiger partial charge in [-0.15, -0.1) is 5.10 Å². The van der Waals surface area contributed by atoms with Gasteiger partial charge in [0.25, 0.3) is 0 Å². The molecule has 0 spiro atoms. The number of nitrogen functional groups attached to an aromatic ring is 1. The number of ketones is 1. The molecular weight excluding hydrogens is 224 g/mol. The molecule has 0 saturated carbocycles. The molecule has 0 aliphatic carbocycles. The van der Waals surface area contributed by atoms with Crippen LogP contribution < -0.4 is 5.73 Å². The van der Waals surface area contributed by atoms with Crippen molar-refractivity contribution in [3.8, 4) is 0 Å². The van der Waals surface area contributed by atoms with E-state index in [2.05, 4.69) is 15.2 Å². The van der Waals surface area contributed by atoms with Crippen molar-refractivity contribution in [1.82, 2.24) is 15.2 Å². The topological polar surface area (TPSA) is 84.7 Å². The van der Waals surface area contributed by atoms with E-state index in [0.717, 1.165) is 0 Å². The Morgan fingerprint density at radius 1 is 1.38 bits per heavy atom. The Labute approximate surface area is 96.5 Å². The first-order valence-electron chi connectivity index (χ1n) is 4.64. The molecule has 0 fully saturated rings. The number of carbonyl (C=O) groups excluding carboxylic acids is 1. The van der Waals surface area contributed by atoms with E-state index in [4.69, 9.17) is 5.73 Å². The molecule has 3 N–H and O–H groups in total. The molecule has 0 aliphatic rings. The predicted molar refractivity (Wildman–Crippen MR) is 62.3 cm³/mol. The summed E-state index contributed by atoms with van der Waals surface area (Å²) in [4.78, 5) is 15.6. The number of rotatable bonds is 4. The van der Waals surface area contributed by atoms with E-state index in [-0.39, 0.29) is 11.7 Å². The van der Waals surface area contributed by atoms with Gasteiger partial charge in [-0.2, -0.15) is 4.98 Å². The van der Waals surface area contributed by atoms with E-state index in [0.29, 0.717) is 16.5 Å². The van der Waals surface area contributed by atoms with Crippen LogP contribution in [0.15, 0.2) is 35.5 Å². The van der Waals surface area contributed by atoms with E-state index in [1.165, 1.54) is 11.8 Å². The highest BCUT2D eigenvalue weighted by molar-refractivity contribution is 7.99. The average molecular weight is 234 g/mol. The number of carbonyl (C=O) groups is 1. The highest BCUT2D eigenvalue weighted by Gasteiger charge is 2.08. The molecule has 0 amide bonds. The molecular formula is C10H10N4OS. The minimum atomic E-state index is 0.0500. The Kier molecular flexibility index (Phi) is 3.21. The molecule has 0 atom stereocenters. The predicted octanol–water partition coefficient (Wildman–Crippen LogP) is 1.36. The van der Waals surface area contributed by atoms with Gasteiger partial charge >= 0.3 is 0 Å². The Morgan fingerprint density at radius 2 is 2.12 bits per heavy atom. The van der Waals surface area contributed by atoms with Crippen LogP contribution in [-0.4, -0.2) is 26.7 Å². The van der Waals surface area contributed by atoms with Gasteiger partial charge in [-0.25, -0.2) is 5.10 Å². The van der Waals surface area contributed by atoms with E-state index in [1.807, 2.05) is 18.2 Å². The van der Waals surface area contributed by atoms with Crippen LogP contribution in [0.25, 0.3) is 0 Å². The van der Waals surface area contributed by atoms with Gasteiger partial charge < -0.3 is 5.73 Å². The Bertz CT molecular complexity index is 483. The molecule has 16 heavy (non-hydrogen) atoms. The van der Waals surface area contributed by atoms with Gasteiger partial charge in [-0.05, 0) is 0 Å². The molecule has 2 aromatic rings. The zero-order valence-corrected chi connectivity index (χ0v) is 9.20. The fourth-order valence-corrected chi connectivity index (χ4v) is 1.86. The second-order valence-electron chi connectivity index (χ2n) is 3.08. The summed E-state index contributed by atoms with van der Waals surface area (Å²) in [5.41, 5.74) is 6.06. The average Bonchev–Trinajstić information content (AvgIpc) is 2.73. The van der Waals surface area contributed by atoms with E-state index in [1.54, 1.807) is 12.1 Å². The third kappa shape index (κ3) is 2.60. The van der Waals surface area contributed by atoms with Crippen molar-refractivity contribution in [2.45, 2.75) is 5.16 Å². The highest BCUT2D eigenvalue weighted by Crippen LogP contribution is 2.14. The van der Waals surface area contributed by atoms with Crippen molar-refractivity contribution in [2.75, 3.05) is 11.5 Å². The van der Waals surface area contributed by atoms with Crippen molar-refractivity contribution in [3.05, 3.63) is 35.9 Å². The number of aromatic amines is 1. The number of nitrogens with one attached hydrogen (secondary N) is 1. The van der Waals surface area contributed by atoms with Crippen LogP contribution in [0.5, 0.6) is 0 Å². The second-order valence-corrected chi connectivity index (χ2v) is 4.02. The van der Waals surface area contributed by atoms with Crippen LogP contribution in [-0.2, 0) is 0 Å². The van der Waals surface area contributed by atoms with E-state index < -0.39 is 0 Å². The Morgan fingerprint density at radius 3 is 2.75 bits per heavy atom. The summed E-state index contributed by atoms with van der Waals surface area (Å²) in [7, 11) is 0. The van der Waals surface area contributed by atoms with Crippen LogP contribution in [0.3, 0.4) is 0 Å². The number of hydrogen-bond acceptors (Lipinski definition) is 5. The van der Waals surface area contributed by atoms with Crippen LogP contribution in [0, 0.1) is 0 Å². The molecule has 0 bridgehead atoms. The summed E-state index contributed by atoms with van der Waals surface area (Å²) in [6.45, 7) is 0. The molecule has 0 saturated heterocycles. The third-order valence-electron chi connectivity index (χ3n) is 1.91. The van der Waals surface area contributed by atoms with E-state index >= 15 is 0 Å². The first kappa shape index (κ1) is 10.7. The second kappa shape index (κ2) is 4.80. The molecule has 1 aromatic carbocycles. The number of H-pyrrole nitrogens is 1. The first-order chi connectivity index (χ1) is 7.75.